The monoisotopic (exact) mass is 737 g/mol. The van der Waals surface area contributed by atoms with Crippen LogP contribution in [0.1, 0.15) is 65.0 Å². The van der Waals surface area contributed by atoms with Gasteiger partial charge in [-0.2, -0.15) is 0 Å². The average Bonchev–Trinajstić information content (AvgIpc) is 3.13. The van der Waals surface area contributed by atoms with Crippen LogP contribution in [0.25, 0.3) is 0 Å². The number of likely N-dealkylation sites (tertiary alicyclic amines) is 1. The highest BCUT2D eigenvalue weighted by molar-refractivity contribution is 6.35. The minimum absolute atomic E-state index is 0.178. The van der Waals surface area contributed by atoms with Gasteiger partial charge in [0.05, 0.1) is 29.8 Å². The van der Waals surface area contributed by atoms with Gasteiger partial charge in [-0.25, -0.2) is 14.0 Å². The average molecular weight is 739 g/mol. The summed E-state index contributed by atoms with van der Waals surface area (Å²) in [7, 11) is 3.06. The molecule has 1 aliphatic rings. The summed E-state index contributed by atoms with van der Waals surface area (Å²) in [4.78, 5) is 33.4. The van der Waals surface area contributed by atoms with Gasteiger partial charge in [-0.1, -0.05) is 67.4 Å². The Morgan fingerprint density at radius 1 is 0.980 bits per heavy atom. The van der Waals surface area contributed by atoms with E-state index in [1.54, 1.807) is 54.6 Å². The number of rotatable bonds is 14. The van der Waals surface area contributed by atoms with Crippen molar-refractivity contribution in [2.24, 2.45) is 5.92 Å². The molecular formula is C39H42Cl2FN3O6. The lowest BCUT2D eigenvalue weighted by Crippen LogP contribution is -2.46. The number of carbonyl (C=O) groups is 2. The summed E-state index contributed by atoms with van der Waals surface area (Å²) in [5.41, 5.74) is 2.78. The molecule has 1 fully saturated rings. The molecule has 1 aromatic heterocycles. The van der Waals surface area contributed by atoms with Crippen LogP contribution in [0.5, 0.6) is 11.5 Å². The van der Waals surface area contributed by atoms with E-state index < -0.39 is 29.9 Å². The standard InChI is InChI=1S/C39H42Cl2FN3O6/c1-5-45-16-15-24(2)36(23-45)51-39(47)37(28-7-6-8-29(42)17-28)44-20-25-9-11-26(12-10-25)38(46)50-34(19-30-31(40)21-43-22-32(30)41)27-13-14-33(48-3)35(18-27)49-4/h6-14,17-18,21-22,24,34,36-37,44H,5,15-16,19-20,23H2,1-4H3/t24?,34-,36+,37?/m1/s1. The Hall–Kier alpha value is -4.22. The van der Waals surface area contributed by atoms with E-state index in [-0.39, 0.29) is 25.0 Å². The summed E-state index contributed by atoms with van der Waals surface area (Å²) in [5.74, 6) is -0.280. The van der Waals surface area contributed by atoms with Gasteiger partial charge in [0.15, 0.2) is 11.5 Å². The number of carbonyl (C=O) groups excluding carboxylic acids is 2. The number of hydrogen-bond donors (Lipinski definition) is 1. The Labute approximate surface area is 308 Å². The lowest BCUT2D eigenvalue weighted by Gasteiger charge is -2.36. The van der Waals surface area contributed by atoms with Gasteiger partial charge in [-0.15, -0.1) is 0 Å². The third-order valence-corrected chi connectivity index (χ3v) is 9.83. The van der Waals surface area contributed by atoms with Crippen molar-refractivity contribution in [3.63, 3.8) is 0 Å². The van der Waals surface area contributed by atoms with Gasteiger partial charge in [-0.3, -0.25) is 15.2 Å². The van der Waals surface area contributed by atoms with Gasteiger partial charge >= 0.3 is 11.9 Å². The molecule has 270 valence electrons. The molecule has 9 nitrogen and oxygen atoms in total. The first-order valence-electron chi connectivity index (χ1n) is 16.8. The molecule has 4 aromatic rings. The molecular weight excluding hydrogens is 696 g/mol. The van der Waals surface area contributed by atoms with Crippen LogP contribution >= 0.6 is 23.2 Å². The molecule has 0 spiro atoms. The second-order valence-electron chi connectivity index (χ2n) is 12.5. The first kappa shape index (κ1) is 38.0. The predicted molar refractivity (Wildman–Crippen MR) is 194 cm³/mol. The number of nitrogens with one attached hydrogen (secondary N) is 1. The van der Waals surface area contributed by atoms with Crippen LogP contribution in [0.4, 0.5) is 4.39 Å². The maximum absolute atomic E-state index is 14.3. The van der Waals surface area contributed by atoms with Crippen molar-refractivity contribution in [3.05, 3.63) is 123 Å². The Kier molecular flexibility index (Phi) is 13.3. The highest BCUT2D eigenvalue weighted by atomic mass is 35.5. The fourth-order valence-corrected chi connectivity index (χ4v) is 6.57. The maximum atomic E-state index is 14.3. The van der Waals surface area contributed by atoms with Crippen LogP contribution in [0, 0.1) is 11.7 Å². The Bertz CT molecular complexity index is 1790. The Morgan fingerprint density at radius 3 is 2.37 bits per heavy atom. The zero-order valence-corrected chi connectivity index (χ0v) is 30.5. The first-order chi connectivity index (χ1) is 24.6. The molecule has 2 unspecified atom stereocenters. The predicted octanol–water partition coefficient (Wildman–Crippen LogP) is 7.79. The summed E-state index contributed by atoms with van der Waals surface area (Å²) >= 11 is 12.9. The number of hydrogen-bond acceptors (Lipinski definition) is 9. The quantitative estimate of drug-likeness (QED) is 0.130. The second kappa shape index (κ2) is 17.8. The number of aromatic nitrogens is 1. The van der Waals surface area contributed by atoms with Gasteiger partial charge in [0.2, 0.25) is 0 Å². The number of ether oxygens (including phenoxy) is 4. The minimum atomic E-state index is -0.899. The number of likely N-dealkylation sites (N-methyl/N-ethyl adjacent to an activating group) is 1. The normalized spacial score (nSPS) is 17.3. The number of nitrogens with zero attached hydrogens (tertiary/aromatic N) is 2. The SMILES string of the molecule is CCN1CCC(C)[C@@H](OC(=O)C(NCc2ccc(C(=O)O[C@H](Cc3c(Cl)cncc3Cl)c3ccc(OC)c(OC)c3)cc2)c2cccc(F)c2)C1. The second-order valence-corrected chi connectivity index (χ2v) is 13.3. The molecule has 2 heterocycles. The van der Waals surface area contributed by atoms with Crippen LogP contribution < -0.4 is 14.8 Å². The number of piperidine rings is 1. The van der Waals surface area contributed by atoms with E-state index in [1.807, 2.05) is 0 Å². The number of halogens is 3. The number of esters is 2. The van der Waals surface area contributed by atoms with E-state index in [0.29, 0.717) is 50.3 Å². The molecule has 5 rings (SSSR count). The number of benzene rings is 3. The summed E-state index contributed by atoms with van der Waals surface area (Å²) in [6.07, 6.45) is 3.03. The van der Waals surface area contributed by atoms with Crippen LogP contribution in [0.3, 0.4) is 0 Å². The van der Waals surface area contributed by atoms with Crippen molar-refractivity contribution in [2.45, 2.75) is 51.5 Å². The van der Waals surface area contributed by atoms with Crippen molar-refractivity contribution in [2.75, 3.05) is 33.9 Å². The molecule has 0 amide bonds. The third kappa shape index (κ3) is 9.77. The van der Waals surface area contributed by atoms with E-state index >= 15 is 0 Å². The van der Waals surface area contributed by atoms with Gasteiger partial charge in [0.25, 0.3) is 0 Å². The zero-order valence-electron chi connectivity index (χ0n) is 29.0. The van der Waals surface area contributed by atoms with Gasteiger partial charge in [0.1, 0.15) is 24.1 Å². The molecule has 1 saturated heterocycles. The summed E-state index contributed by atoms with van der Waals surface area (Å²) in [6, 6.07) is 17.1. The van der Waals surface area contributed by atoms with Crippen molar-refractivity contribution in [1.82, 2.24) is 15.2 Å². The van der Waals surface area contributed by atoms with Crippen molar-refractivity contribution >= 4 is 35.1 Å². The van der Waals surface area contributed by atoms with Crippen LogP contribution in [0.15, 0.2) is 79.1 Å². The molecule has 1 N–H and O–H groups in total. The minimum Gasteiger partial charge on any atom is -0.493 e. The lowest BCUT2D eigenvalue weighted by atomic mass is 9.95. The Balaban J connectivity index is 1.31. The molecule has 3 aromatic carbocycles. The summed E-state index contributed by atoms with van der Waals surface area (Å²) in [5, 5.41) is 3.94. The summed E-state index contributed by atoms with van der Waals surface area (Å²) < 4.78 is 37.2. The van der Waals surface area contributed by atoms with Gasteiger partial charge in [0, 0.05) is 31.9 Å². The van der Waals surface area contributed by atoms with E-state index in [2.05, 4.69) is 29.0 Å². The molecule has 1 aliphatic heterocycles. The highest BCUT2D eigenvalue weighted by Gasteiger charge is 2.32. The maximum Gasteiger partial charge on any atom is 0.338 e. The first-order valence-corrected chi connectivity index (χ1v) is 17.6. The topological polar surface area (TPSA) is 99.2 Å². The van der Waals surface area contributed by atoms with Crippen molar-refractivity contribution < 1.29 is 32.9 Å². The molecule has 0 aliphatic carbocycles. The fraction of sp³-hybridized carbons (Fsp3) is 0.359. The molecule has 12 heteroatoms. The zero-order chi connectivity index (χ0) is 36.5. The molecule has 0 bridgehead atoms. The van der Waals surface area contributed by atoms with Gasteiger partial charge in [-0.05, 0) is 84.1 Å². The fourth-order valence-electron chi connectivity index (χ4n) is 6.05. The molecule has 4 atom stereocenters. The Morgan fingerprint density at radius 2 is 1.71 bits per heavy atom. The van der Waals surface area contributed by atoms with Crippen LogP contribution in [0.2, 0.25) is 10.0 Å². The van der Waals surface area contributed by atoms with Gasteiger partial charge < -0.3 is 18.9 Å². The van der Waals surface area contributed by atoms with E-state index in [0.717, 1.165) is 25.1 Å². The number of pyridine rings is 1. The van der Waals surface area contributed by atoms with E-state index in [1.165, 1.54) is 38.7 Å². The molecule has 0 saturated carbocycles. The molecule has 0 radical (unpaired) electrons. The third-order valence-electron chi connectivity index (χ3n) is 9.18. The van der Waals surface area contributed by atoms with Crippen molar-refractivity contribution in [3.8, 4) is 11.5 Å². The van der Waals surface area contributed by atoms with Crippen molar-refractivity contribution in [1.29, 1.82) is 0 Å². The highest BCUT2D eigenvalue weighted by Crippen LogP contribution is 2.35. The largest absolute Gasteiger partial charge is 0.493 e. The van der Waals surface area contributed by atoms with Crippen LogP contribution in [-0.2, 0) is 27.2 Å². The molecule has 51 heavy (non-hydrogen) atoms. The van der Waals surface area contributed by atoms with Crippen LogP contribution in [-0.4, -0.2) is 61.8 Å². The smallest absolute Gasteiger partial charge is 0.338 e. The number of methoxy groups -OCH3 is 2. The summed E-state index contributed by atoms with van der Waals surface area (Å²) in [6.45, 7) is 6.92. The van der Waals surface area contributed by atoms with E-state index in [9.17, 15) is 14.0 Å². The lowest BCUT2D eigenvalue weighted by molar-refractivity contribution is -0.157. The van der Waals surface area contributed by atoms with E-state index in [4.69, 9.17) is 42.1 Å².